The molecule has 0 saturated carbocycles. The van der Waals surface area contributed by atoms with Crippen molar-refractivity contribution < 1.29 is 0 Å². The van der Waals surface area contributed by atoms with E-state index in [9.17, 15) is 0 Å². The Labute approximate surface area is 378 Å². The maximum absolute atomic E-state index is 2.52. The molecule has 0 spiro atoms. The first kappa shape index (κ1) is 37.1. The highest BCUT2D eigenvalue weighted by molar-refractivity contribution is 6.22. The van der Waals surface area contributed by atoms with Crippen molar-refractivity contribution in [3.63, 3.8) is 0 Å². The number of anilines is 3. The van der Waals surface area contributed by atoms with Gasteiger partial charge in [-0.05, 0) is 127 Å². The van der Waals surface area contributed by atoms with Gasteiger partial charge in [-0.25, -0.2) is 0 Å². The van der Waals surface area contributed by atoms with Crippen LogP contribution in [0.25, 0.3) is 71.3 Å². The molecule has 0 aliphatic heterocycles. The van der Waals surface area contributed by atoms with Crippen LogP contribution in [-0.4, -0.2) is 4.57 Å². The van der Waals surface area contributed by atoms with Crippen molar-refractivity contribution >= 4 is 60.4 Å². The van der Waals surface area contributed by atoms with Crippen LogP contribution >= 0.6 is 0 Å². The molecule has 0 bridgehead atoms. The Hall–Kier alpha value is -8.46. The van der Waals surface area contributed by atoms with E-state index >= 15 is 0 Å². The summed E-state index contributed by atoms with van der Waals surface area (Å²) in [5, 5.41) is 7.53. The quantitative estimate of drug-likeness (QED) is 0.155. The zero-order valence-electron chi connectivity index (χ0n) is 35.6. The third-order valence-corrected chi connectivity index (χ3v) is 13.8. The lowest BCUT2D eigenvalue weighted by atomic mass is 9.67. The molecule has 0 radical (unpaired) electrons. The van der Waals surface area contributed by atoms with Crippen LogP contribution < -0.4 is 4.90 Å². The molecule has 2 heteroatoms. The first-order chi connectivity index (χ1) is 32.3. The van der Waals surface area contributed by atoms with E-state index in [4.69, 9.17) is 0 Å². The minimum Gasteiger partial charge on any atom is -0.310 e. The van der Waals surface area contributed by atoms with Crippen LogP contribution in [0.1, 0.15) is 22.3 Å². The highest BCUT2D eigenvalue weighted by Crippen LogP contribution is 2.58. The van der Waals surface area contributed by atoms with Gasteiger partial charge in [0.2, 0.25) is 0 Å². The first-order valence-corrected chi connectivity index (χ1v) is 22.5. The molecule has 0 N–H and O–H groups in total. The summed E-state index contributed by atoms with van der Waals surface area (Å²) in [6, 6.07) is 93.9. The summed E-state index contributed by atoms with van der Waals surface area (Å²) >= 11 is 0. The van der Waals surface area contributed by atoms with E-state index in [1.807, 2.05) is 0 Å². The Morgan fingerprint density at radius 1 is 0.338 bits per heavy atom. The molecule has 1 aliphatic rings. The molecule has 1 aromatic heterocycles. The predicted octanol–water partition coefficient (Wildman–Crippen LogP) is 16.6. The molecular formula is C63H42N2. The van der Waals surface area contributed by atoms with Crippen molar-refractivity contribution in [3.05, 3.63) is 277 Å². The highest BCUT2D eigenvalue weighted by atomic mass is 15.1. The van der Waals surface area contributed by atoms with Crippen LogP contribution in [-0.2, 0) is 5.41 Å². The Balaban J connectivity index is 1.08. The van der Waals surface area contributed by atoms with Gasteiger partial charge in [-0.15, -0.1) is 0 Å². The van der Waals surface area contributed by atoms with Crippen LogP contribution in [0.4, 0.5) is 17.1 Å². The van der Waals surface area contributed by atoms with Crippen LogP contribution in [0.3, 0.4) is 0 Å². The number of aromatic nitrogens is 1. The van der Waals surface area contributed by atoms with E-state index in [-0.39, 0.29) is 0 Å². The fraction of sp³-hybridized carbons (Fsp3) is 0.0159. The lowest BCUT2D eigenvalue weighted by Gasteiger charge is -2.34. The van der Waals surface area contributed by atoms with Crippen molar-refractivity contribution in [1.29, 1.82) is 0 Å². The van der Waals surface area contributed by atoms with Crippen molar-refractivity contribution in [2.24, 2.45) is 0 Å². The summed E-state index contributed by atoms with van der Waals surface area (Å²) in [6.45, 7) is 0. The Morgan fingerprint density at radius 2 is 0.908 bits per heavy atom. The average molecular weight is 827 g/mol. The second-order valence-corrected chi connectivity index (χ2v) is 17.2. The summed E-state index contributed by atoms with van der Waals surface area (Å²) in [7, 11) is 0. The minimum absolute atomic E-state index is 0.548. The van der Waals surface area contributed by atoms with Crippen LogP contribution in [0.15, 0.2) is 255 Å². The zero-order chi connectivity index (χ0) is 42.9. The molecule has 65 heavy (non-hydrogen) atoms. The van der Waals surface area contributed by atoms with Gasteiger partial charge >= 0.3 is 0 Å². The zero-order valence-corrected chi connectivity index (χ0v) is 35.6. The fourth-order valence-corrected chi connectivity index (χ4v) is 11.1. The van der Waals surface area contributed by atoms with E-state index in [1.54, 1.807) is 0 Å². The van der Waals surface area contributed by atoms with Crippen molar-refractivity contribution in [3.8, 4) is 27.9 Å². The van der Waals surface area contributed by atoms with Crippen LogP contribution in [0.2, 0.25) is 0 Å². The number of benzene rings is 11. The lowest BCUT2D eigenvalue weighted by Crippen LogP contribution is -2.28. The molecule has 13 rings (SSSR count). The molecule has 1 aliphatic carbocycles. The van der Waals surface area contributed by atoms with Crippen molar-refractivity contribution in [2.75, 3.05) is 4.90 Å². The molecule has 12 aromatic rings. The Morgan fingerprint density at radius 3 is 1.60 bits per heavy atom. The summed E-state index contributed by atoms with van der Waals surface area (Å²) < 4.78 is 2.52. The topological polar surface area (TPSA) is 8.17 Å². The van der Waals surface area contributed by atoms with Gasteiger partial charge in [0.25, 0.3) is 0 Å². The van der Waals surface area contributed by atoms with Crippen molar-refractivity contribution in [1.82, 2.24) is 4.57 Å². The monoisotopic (exact) mass is 826 g/mol. The Bertz CT molecular complexity index is 3680. The van der Waals surface area contributed by atoms with Gasteiger partial charge < -0.3 is 9.47 Å². The molecule has 0 unspecified atom stereocenters. The first-order valence-electron chi connectivity index (χ1n) is 22.5. The van der Waals surface area contributed by atoms with Gasteiger partial charge in [0, 0.05) is 33.5 Å². The molecule has 11 aromatic carbocycles. The third-order valence-electron chi connectivity index (χ3n) is 13.8. The van der Waals surface area contributed by atoms with Crippen molar-refractivity contribution in [2.45, 2.75) is 5.41 Å². The molecule has 0 fully saturated rings. The lowest BCUT2D eigenvalue weighted by molar-refractivity contribution is 0.768. The molecule has 0 atom stereocenters. The van der Waals surface area contributed by atoms with E-state index in [1.165, 1.54) is 76.7 Å². The maximum atomic E-state index is 2.52. The SMILES string of the molecule is c1ccc(N(c2ccccc2)c2cccc(-c3ccc4c5c6ccccc6ccc5n(-c5ccc6c(c5)C(c5ccccc5)(c5ccccc5)c5ccc7ccccc7c5-6)c4c3)c2)cc1. The average Bonchev–Trinajstić information content (AvgIpc) is 3.88. The molecule has 304 valence electrons. The van der Waals surface area contributed by atoms with E-state index in [0.717, 1.165) is 33.9 Å². The smallest absolute Gasteiger partial charge is 0.0714 e. The predicted molar refractivity (Wildman–Crippen MR) is 273 cm³/mol. The van der Waals surface area contributed by atoms with Gasteiger partial charge in [0.05, 0.1) is 16.4 Å². The summed E-state index contributed by atoms with van der Waals surface area (Å²) in [5.74, 6) is 0. The van der Waals surface area contributed by atoms with Crippen LogP contribution in [0.5, 0.6) is 0 Å². The third kappa shape index (κ3) is 5.67. The fourth-order valence-electron chi connectivity index (χ4n) is 11.1. The summed E-state index contributed by atoms with van der Waals surface area (Å²) in [5.41, 5.74) is 16.3. The molecule has 0 saturated heterocycles. The number of nitrogens with zero attached hydrogens (tertiary/aromatic N) is 2. The highest BCUT2D eigenvalue weighted by Gasteiger charge is 2.47. The number of hydrogen-bond donors (Lipinski definition) is 0. The van der Waals surface area contributed by atoms with Gasteiger partial charge in [-0.2, -0.15) is 0 Å². The largest absolute Gasteiger partial charge is 0.310 e. The van der Waals surface area contributed by atoms with E-state index in [0.29, 0.717) is 0 Å². The van der Waals surface area contributed by atoms with Crippen LogP contribution in [0, 0.1) is 0 Å². The Kier molecular flexibility index (Phi) is 8.47. The minimum atomic E-state index is -0.548. The molecule has 1 heterocycles. The normalized spacial score (nSPS) is 12.7. The number of fused-ring (bicyclic) bond motifs is 10. The molecular weight excluding hydrogens is 785 g/mol. The standard InChI is InChI=1S/C63H42N2/c1-5-21-47(22-6-1)63(48-23-7-2-8-24-48)57-38-33-43-18-13-15-30-53(43)61(57)55-37-35-52(42-58(55)63)65-59-39-34-44-19-14-16-31-54(44)62(59)56-36-32-46(41-60(56)65)45-20-17-29-51(40-45)64(49-25-9-3-10-26-49)50-27-11-4-12-28-50/h1-42H. The van der Waals surface area contributed by atoms with E-state index < -0.39 is 5.41 Å². The maximum Gasteiger partial charge on any atom is 0.0714 e. The van der Waals surface area contributed by atoms with Gasteiger partial charge in [0.1, 0.15) is 0 Å². The second kappa shape index (κ2) is 14.8. The number of rotatable bonds is 7. The summed E-state index contributed by atoms with van der Waals surface area (Å²) in [4.78, 5) is 2.34. The van der Waals surface area contributed by atoms with Gasteiger partial charge in [-0.1, -0.05) is 194 Å². The van der Waals surface area contributed by atoms with E-state index in [2.05, 4.69) is 264 Å². The van der Waals surface area contributed by atoms with Gasteiger partial charge in [-0.3, -0.25) is 0 Å². The number of hydrogen-bond acceptors (Lipinski definition) is 1. The summed E-state index contributed by atoms with van der Waals surface area (Å²) in [6.07, 6.45) is 0. The number of para-hydroxylation sites is 2. The van der Waals surface area contributed by atoms with Gasteiger partial charge in [0.15, 0.2) is 0 Å². The molecule has 0 amide bonds. The second-order valence-electron chi connectivity index (χ2n) is 17.2. The molecule has 2 nitrogen and oxygen atoms in total.